The highest BCUT2D eigenvalue weighted by Crippen LogP contribution is 2.31. The Morgan fingerprint density at radius 3 is 1.03 bits per heavy atom. The maximum atomic E-state index is 3.91. The summed E-state index contributed by atoms with van der Waals surface area (Å²) in [5, 5.41) is 0. The van der Waals surface area contributed by atoms with Gasteiger partial charge in [0, 0.05) is 0 Å². The average Bonchev–Trinajstić information content (AvgIpc) is 2.92. The van der Waals surface area contributed by atoms with Gasteiger partial charge in [0.2, 0.25) is 0 Å². The van der Waals surface area contributed by atoms with E-state index in [1.807, 2.05) is 78.9 Å². The van der Waals surface area contributed by atoms with Crippen LogP contribution in [0, 0.1) is 0 Å². The van der Waals surface area contributed by atoms with Gasteiger partial charge < -0.3 is 0 Å². The summed E-state index contributed by atoms with van der Waals surface area (Å²) in [5.74, 6) is 0. The lowest BCUT2D eigenvalue weighted by Gasteiger charge is -2.12. The summed E-state index contributed by atoms with van der Waals surface area (Å²) in [7, 11) is 0. The molecule has 0 radical (unpaired) electrons. The van der Waals surface area contributed by atoms with Gasteiger partial charge in [-0.25, -0.2) is 0 Å². The molecule has 0 aliphatic rings. The standard InChI is InChI=1S/C18H16.C16H14/c1-4-14-11-9-13-18(16(14)6-3)17-12-8-7-10-15(17)5-2;1-3-13-9-5-7-11-15(13)16-12-8-6-10-14(16)4-2/h4-13H,1-3H2;3-12H,1-2H2. The van der Waals surface area contributed by atoms with Gasteiger partial charge in [-0.2, -0.15) is 0 Å². The van der Waals surface area contributed by atoms with Gasteiger partial charge in [-0.15, -0.1) is 0 Å². The van der Waals surface area contributed by atoms with E-state index in [0.29, 0.717) is 0 Å². The number of hydrogen-bond donors (Lipinski definition) is 0. The van der Waals surface area contributed by atoms with E-state index in [1.54, 1.807) is 0 Å². The van der Waals surface area contributed by atoms with Gasteiger partial charge in [0.1, 0.15) is 0 Å². The van der Waals surface area contributed by atoms with Gasteiger partial charge in [-0.05, 0) is 50.1 Å². The maximum Gasteiger partial charge on any atom is -0.00996 e. The maximum absolute atomic E-state index is 3.91. The molecule has 166 valence electrons. The van der Waals surface area contributed by atoms with Gasteiger partial charge in [-0.3, -0.25) is 0 Å². The topological polar surface area (TPSA) is 0 Å². The Morgan fingerprint density at radius 1 is 0.324 bits per heavy atom. The van der Waals surface area contributed by atoms with E-state index in [1.165, 1.54) is 16.7 Å². The molecule has 0 spiro atoms. The van der Waals surface area contributed by atoms with Crippen LogP contribution >= 0.6 is 0 Å². The second-order valence-corrected chi connectivity index (χ2v) is 7.59. The Kier molecular flexibility index (Phi) is 8.54. The molecule has 0 fully saturated rings. The van der Waals surface area contributed by atoms with Crippen molar-refractivity contribution in [1.29, 1.82) is 0 Å². The zero-order chi connectivity index (χ0) is 24.3. The fourth-order valence-electron chi connectivity index (χ4n) is 3.98. The van der Waals surface area contributed by atoms with Crippen LogP contribution in [0.25, 0.3) is 52.6 Å². The van der Waals surface area contributed by atoms with Crippen LogP contribution in [0.1, 0.15) is 27.8 Å². The molecule has 0 N–H and O–H groups in total. The lowest BCUT2D eigenvalue weighted by Crippen LogP contribution is -1.89. The zero-order valence-electron chi connectivity index (χ0n) is 19.6. The smallest absolute Gasteiger partial charge is 0.00996 e. The molecule has 0 saturated heterocycles. The third kappa shape index (κ3) is 5.31. The predicted molar refractivity (Wildman–Crippen MR) is 154 cm³/mol. The van der Waals surface area contributed by atoms with Gasteiger partial charge in [0.15, 0.2) is 0 Å². The molecule has 0 aliphatic heterocycles. The van der Waals surface area contributed by atoms with E-state index in [9.17, 15) is 0 Å². The largest absolute Gasteiger partial charge is 0.0984 e. The summed E-state index contributed by atoms with van der Waals surface area (Å²) < 4.78 is 0. The van der Waals surface area contributed by atoms with Gasteiger partial charge in [-0.1, -0.05) is 154 Å². The van der Waals surface area contributed by atoms with Gasteiger partial charge >= 0.3 is 0 Å². The fraction of sp³-hybridized carbons (Fsp3) is 0. The Morgan fingerprint density at radius 2 is 0.647 bits per heavy atom. The van der Waals surface area contributed by atoms with E-state index >= 15 is 0 Å². The SMILES string of the molecule is C=Cc1ccccc1-c1cccc(C=C)c1C=C.C=Cc1ccccc1-c1ccccc1C=C. The quantitative estimate of drug-likeness (QED) is 0.269. The highest BCUT2D eigenvalue weighted by Gasteiger charge is 2.08. The third-order valence-electron chi connectivity index (χ3n) is 5.69. The van der Waals surface area contributed by atoms with Crippen molar-refractivity contribution in [3.63, 3.8) is 0 Å². The number of hydrogen-bond acceptors (Lipinski definition) is 0. The number of benzene rings is 4. The Hall–Kier alpha value is -4.42. The molecule has 0 unspecified atom stereocenters. The molecule has 0 atom stereocenters. The monoisotopic (exact) mass is 438 g/mol. The van der Waals surface area contributed by atoms with Crippen molar-refractivity contribution in [2.45, 2.75) is 0 Å². The van der Waals surface area contributed by atoms with Crippen LogP contribution in [0.4, 0.5) is 0 Å². The van der Waals surface area contributed by atoms with Crippen LogP contribution in [-0.4, -0.2) is 0 Å². The minimum absolute atomic E-state index is 1.10. The summed E-state index contributed by atoms with van der Waals surface area (Å²) >= 11 is 0. The molecule has 4 rings (SSSR count). The molecule has 0 amide bonds. The molecule has 4 aromatic rings. The highest BCUT2D eigenvalue weighted by atomic mass is 14.1. The van der Waals surface area contributed by atoms with E-state index < -0.39 is 0 Å². The summed E-state index contributed by atoms with van der Waals surface area (Å²) in [6.45, 7) is 19.3. The minimum atomic E-state index is 1.10. The van der Waals surface area contributed by atoms with Crippen molar-refractivity contribution >= 4 is 30.4 Å². The molecule has 0 heterocycles. The summed E-state index contributed by atoms with van der Waals surface area (Å²) in [4.78, 5) is 0. The Bertz CT molecular complexity index is 1280. The molecule has 0 saturated carbocycles. The van der Waals surface area contributed by atoms with E-state index in [-0.39, 0.29) is 0 Å². The van der Waals surface area contributed by atoms with Crippen LogP contribution in [0.2, 0.25) is 0 Å². The first-order chi connectivity index (χ1) is 16.7. The van der Waals surface area contributed by atoms with Crippen molar-refractivity contribution in [2.24, 2.45) is 0 Å². The molecular weight excluding hydrogens is 408 g/mol. The van der Waals surface area contributed by atoms with Crippen LogP contribution in [0.15, 0.2) is 124 Å². The molecule has 4 aromatic carbocycles. The van der Waals surface area contributed by atoms with E-state index in [4.69, 9.17) is 0 Å². The minimum Gasteiger partial charge on any atom is -0.0984 e. The van der Waals surface area contributed by atoms with Gasteiger partial charge in [0.05, 0.1) is 0 Å². The Labute approximate surface area is 204 Å². The zero-order valence-corrected chi connectivity index (χ0v) is 19.6. The first-order valence-corrected chi connectivity index (χ1v) is 11.2. The van der Waals surface area contributed by atoms with Crippen LogP contribution in [-0.2, 0) is 0 Å². The second-order valence-electron chi connectivity index (χ2n) is 7.59. The normalized spacial score (nSPS) is 9.76. The molecule has 0 heteroatoms. The van der Waals surface area contributed by atoms with Crippen LogP contribution in [0.5, 0.6) is 0 Å². The fourth-order valence-corrected chi connectivity index (χ4v) is 3.98. The van der Waals surface area contributed by atoms with Crippen molar-refractivity contribution < 1.29 is 0 Å². The lowest BCUT2D eigenvalue weighted by atomic mass is 9.92. The Balaban J connectivity index is 0.000000192. The van der Waals surface area contributed by atoms with E-state index in [0.717, 1.165) is 33.4 Å². The van der Waals surface area contributed by atoms with Crippen molar-refractivity contribution in [3.8, 4) is 22.3 Å². The van der Waals surface area contributed by atoms with Crippen molar-refractivity contribution in [2.75, 3.05) is 0 Å². The third-order valence-corrected chi connectivity index (χ3v) is 5.69. The van der Waals surface area contributed by atoms with Crippen molar-refractivity contribution in [1.82, 2.24) is 0 Å². The molecular formula is C34H30. The first kappa shape index (κ1) is 24.2. The molecule has 0 aliphatic carbocycles. The van der Waals surface area contributed by atoms with Crippen LogP contribution in [0.3, 0.4) is 0 Å². The number of rotatable bonds is 7. The summed E-state index contributed by atoms with van der Waals surface area (Å²) in [6, 6.07) is 30.9. The second kappa shape index (κ2) is 12.0. The van der Waals surface area contributed by atoms with Crippen molar-refractivity contribution in [3.05, 3.63) is 152 Å². The van der Waals surface area contributed by atoms with Crippen LogP contribution < -0.4 is 0 Å². The predicted octanol–water partition coefficient (Wildman–Crippen LogP) is 9.92. The lowest BCUT2D eigenvalue weighted by molar-refractivity contribution is 1.55. The average molecular weight is 439 g/mol. The molecule has 0 aromatic heterocycles. The molecule has 34 heavy (non-hydrogen) atoms. The summed E-state index contributed by atoms with van der Waals surface area (Å²) in [5.41, 5.74) is 10.4. The van der Waals surface area contributed by atoms with E-state index in [2.05, 4.69) is 75.4 Å². The highest BCUT2D eigenvalue weighted by molar-refractivity contribution is 5.84. The first-order valence-electron chi connectivity index (χ1n) is 11.2. The molecule has 0 bridgehead atoms. The van der Waals surface area contributed by atoms with Gasteiger partial charge in [0.25, 0.3) is 0 Å². The summed E-state index contributed by atoms with van der Waals surface area (Å²) in [6.07, 6.45) is 9.39. The molecule has 0 nitrogen and oxygen atoms in total.